The van der Waals surface area contributed by atoms with E-state index < -0.39 is 17.4 Å². The molecular weight excluding hydrogens is 583 g/mol. The maximum atomic E-state index is 15.0. The summed E-state index contributed by atoms with van der Waals surface area (Å²) in [5.41, 5.74) is 9.57. The summed E-state index contributed by atoms with van der Waals surface area (Å²) in [4.78, 5) is 19.0. The number of benzene rings is 3. The fraction of sp³-hybridized carbons (Fsp3) is 0.278. The molecule has 2 heterocycles. The molecule has 0 spiro atoms. The van der Waals surface area contributed by atoms with Crippen molar-refractivity contribution in [1.29, 1.82) is 10.5 Å². The molecule has 1 aromatic heterocycles. The van der Waals surface area contributed by atoms with Gasteiger partial charge in [0.1, 0.15) is 47.8 Å². The molecule has 234 valence electrons. The van der Waals surface area contributed by atoms with E-state index in [2.05, 4.69) is 11.4 Å². The fourth-order valence-electron chi connectivity index (χ4n) is 5.36. The van der Waals surface area contributed by atoms with Crippen molar-refractivity contribution < 1.29 is 18.7 Å². The molecule has 0 aliphatic carbocycles. The van der Waals surface area contributed by atoms with Crippen LogP contribution in [0.2, 0.25) is 0 Å². The predicted octanol–water partition coefficient (Wildman–Crippen LogP) is 6.95. The van der Waals surface area contributed by atoms with Gasteiger partial charge in [-0.25, -0.2) is 14.2 Å². The zero-order chi connectivity index (χ0) is 32.8. The largest absolute Gasteiger partial charge is 0.487 e. The molecule has 3 N–H and O–H groups in total. The molecule has 3 aromatic carbocycles. The highest BCUT2D eigenvalue weighted by molar-refractivity contribution is 5.91. The predicted molar refractivity (Wildman–Crippen MR) is 174 cm³/mol. The van der Waals surface area contributed by atoms with Gasteiger partial charge in [0.25, 0.3) is 0 Å². The average Bonchev–Trinajstić information content (AvgIpc) is 3.03. The third-order valence-corrected chi connectivity index (χ3v) is 7.60. The first-order valence-corrected chi connectivity index (χ1v) is 15.0. The lowest BCUT2D eigenvalue weighted by molar-refractivity contribution is 0.0776. The summed E-state index contributed by atoms with van der Waals surface area (Å²) in [7, 11) is 0. The number of carbonyl (C=O) groups is 1. The number of aromatic nitrogens is 1. The molecule has 0 atom stereocenters. The van der Waals surface area contributed by atoms with Crippen LogP contribution in [0.3, 0.4) is 0 Å². The van der Waals surface area contributed by atoms with Crippen LogP contribution in [-0.2, 0) is 11.3 Å². The first-order valence-electron chi connectivity index (χ1n) is 15.0. The van der Waals surface area contributed by atoms with Gasteiger partial charge in [-0.05, 0) is 61.7 Å². The molecule has 0 bridgehead atoms. The Balaban J connectivity index is 1.50. The number of hydrogen-bond donors (Lipinski definition) is 2. The van der Waals surface area contributed by atoms with Crippen molar-refractivity contribution in [2.24, 2.45) is 0 Å². The zero-order valence-corrected chi connectivity index (χ0v) is 26.0. The third-order valence-electron chi connectivity index (χ3n) is 7.60. The molecular formula is C36H35FN6O3. The van der Waals surface area contributed by atoms with Crippen LogP contribution >= 0.6 is 0 Å². The highest BCUT2D eigenvalue weighted by Crippen LogP contribution is 2.41. The van der Waals surface area contributed by atoms with Crippen LogP contribution in [0.1, 0.15) is 50.3 Å². The number of nitrogens with one attached hydrogen (secondary N) is 1. The van der Waals surface area contributed by atoms with Gasteiger partial charge in [-0.15, -0.1) is 0 Å². The van der Waals surface area contributed by atoms with Crippen molar-refractivity contribution in [1.82, 2.24) is 10.3 Å². The molecule has 1 aliphatic heterocycles. The topological polar surface area (TPSA) is 137 Å². The summed E-state index contributed by atoms with van der Waals surface area (Å²) >= 11 is 0. The van der Waals surface area contributed by atoms with Gasteiger partial charge in [-0.3, -0.25) is 0 Å². The molecule has 4 aromatic rings. The number of anilines is 2. The number of piperidine rings is 1. The van der Waals surface area contributed by atoms with Crippen LogP contribution in [0.5, 0.6) is 5.75 Å². The van der Waals surface area contributed by atoms with Crippen molar-refractivity contribution in [2.45, 2.75) is 51.9 Å². The molecule has 1 amide bonds. The second-order valence-electron chi connectivity index (χ2n) is 12.2. The van der Waals surface area contributed by atoms with E-state index in [1.54, 1.807) is 30.5 Å². The molecule has 9 nitrogen and oxygen atoms in total. The van der Waals surface area contributed by atoms with E-state index in [9.17, 15) is 19.7 Å². The Kier molecular flexibility index (Phi) is 9.39. The molecule has 1 saturated heterocycles. The molecule has 0 radical (unpaired) electrons. The molecule has 1 aliphatic rings. The van der Waals surface area contributed by atoms with Crippen molar-refractivity contribution in [3.05, 3.63) is 95.4 Å². The number of nitrogens with two attached hydrogens (primary N) is 1. The molecule has 1 fully saturated rings. The number of rotatable bonds is 7. The lowest BCUT2D eigenvalue weighted by atomic mass is 9.91. The smallest absolute Gasteiger partial charge is 0.407 e. The summed E-state index contributed by atoms with van der Waals surface area (Å²) < 4.78 is 26.7. The van der Waals surface area contributed by atoms with Gasteiger partial charge in [0.2, 0.25) is 0 Å². The van der Waals surface area contributed by atoms with Crippen molar-refractivity contribution in [2.75, 3.05) is 23.7 Å². The lowest BCUT2D eigenvalue weighted by Gasteiger charge is -2.34. The van der Waals surface area contributed by atoms with E-state index in [1.165, 1.54) is 12.1 Å². The minimum Gasteiger partial charge on any atom is -0.487 e. The lowest BCUT2D eigenvalue weighted by Crippen LogP contribution is -2.44. The highest BCUT2D eigenvalue weighted by Gasteiger charge is 2.28. The van der Waals surface area contributed by atoms with Crippen molar-refractivity contribution >= 4 is 17.6 Å². The summed E-state index contributed by atoms with van der Waals surface area (Å²) in [5.74, 6) is 0.210. The van der Waals surface area contributed by atoms with E-state index in [4.69, 9.17) is 20.2 Å². The number of carbonyl (C=O) groups excluding carboxylic acids is 1. The average molecular weight is 619 g/mol. The quantitative estimate of drug-likeness (QED) is 0.212. The maximum Gasteiger partial charge on any atom is 0.407 e. The molecule has 0 saturated carbocycles. The molecule has 5 rings (SSSR count). The van der Waals surface area contributed by atoms with Gasteiger partial charge in [0.05, 0.1) is 11.3 Å². The second kappa shape index (κ2) is 13.6. The summed E-state index contributed by atoms with van der Waals surface area (Å²) in [6, 6.07) is 23.5. The summed E-state index contributed by atoms with van der Waals surface area (Å²) in [6.07, 6.45) is 2.01. The van der Waals surface area contributed by atoms with Crippen LogP contribution in [0.15, 0.2) is 72.9 Å². The van der Waals surface area contributed by atoms with Crippen LogP contribution in [0.4, 0.5) is 20.7 Å². The number of alkyl carbamates (subject to hydrolysis) is 1. The summed E-state index contributed by atoms with van der Waals surface area (Å²) in [5, 5.41) is 22.7. The van der Waals surface area contributed by atoms with Crippen LogP contribution in [0.25, 0.3) is 22.3 Å². The number of nitrogen functional groups attached to an aromatic ring is 1. The Bertz CT molecular complexity index is 1820. The number of nitrogens with zero attached hydrogens (tertiary/aromatic N) is 4. The first-order chi connectivity index (χ1) is 22.1. The second-order valence-corrected chi connectivity index (χ2v) is 12.2. The summed E-state index contributed by atoms with van der Waals surface area (Å²) in [6.45, 7) is 6.95. The van der Waals surface area contributed by atoms with Crippen LogP contribution < -0.4 is 20.7 Å². The number of halogens is 1. The minimum atomic E-state index is -0.691. The van der Waals surface area contributed by atoms with Gasteiger partial charge in [0, 0.05) is 48.8 Å². The number of hydrogen-bond acceptors (Lipinski definition) is 8. The van der Waals surface area contributed by atoms with E-state index in [1.807, 2.05) is 62.1 Å². The van der Waals surface area contributed by atoms with Gasteiger partial charge in [-0.1, -0.05) is 42.5 Å². The van der Waals surface area contributed by atoms with E-state index in [-0.39, 0.29) is 17.2 Å². The normalized spacial score (nSPS) is 13.4. The maximum absolute atomic E-state index is 15.0. The third kappa shape index (κ3) is 7.36. The molecule has 46 heavy (non-hydrogen) atoms. The van der Waals surface area contributed by atoms with Gasteiger partial charge < -0.3 is 25.4 Å². The zero-order valence-electron chi connectivity index (χ0n) is 26.0. The first kappa shape index (κ1) is 31.8. The monoisotopic (exact) mass is 618 g/mol. The minimum absolute atomic E-state index is 0.0975. The number of amides is 1. The Morgan fingerprint density at radius 1 is 1.04 bits per heavy atom. The van der Waals surface area contributed by atoms with Gasteiger partial charge in [0.15, 0.2) is 0 Å². The fourth-order valence-corrected chi connectivity index (χ4v) is 5.36. The van der Waals surface area contributed by atoms with Crippen LogP contribution in [0, 0.1) is 28.5 Å². The van der Waals surface area contributed by atoms with E-state index in [0.717, 1.165) is 5.56 Å². The SMILES string of the molecule is CC(C)(C)NC(=O)OC1CCN(c2ncc(-c3ccc(N)c(OCc4ccccc4)c3)c(-c3ccc(C#N)c(F)c3)c2C#N)CC1. The number of nitriles is 2. The van der Waals surface area contributed by atoms with Gasteiger partial charge in [-0.2, -0.15) is 10.5 Å². The van der Waals surface area contributed by atoms with E-state index in [0.29, 0.717) is 72.0 Å². The van der Waals surface area contributed by atoms with Crippen LogP contribution in [-0.4, -0.2) is 35.8 Å². The molecule has 0 unspecified atom stereocenters. The Morgan fingerprint density at radius 2 is 1.76 bits per heavy atom. The van der Waals surface area contributed by atoms with Crippen molar-refractivity contribution in [3.63, 3.8) is 0 Å². The number of pyridine rings is 1. The Morgan fingerprint density at radius 3 is 2.41 bits per heavy atom. The van der Waals surface area contributed by atoms with Crippen molar-refractivity contribution in [3.8, 4) is 40.1 Å². The Hall–Kier alpha value is -5.61. The van der Waals surface area contributed by atoms with E-state index >= 15 is 0 Å². The highest BCUT2D eigenvalue weighted by atomic mass is 19.1. The number of ether oxygens (including phenoxy) is 2. The molecule has 10 heteroatoms. The van der Waals surface area contributed by atoms with Gasteiger partial charge >= 0.3 is 6.09 Å². The Labute approximate surface area is 268 Å². The standard InChI is InChI=1S/C36H35FN6O3/c1-36(2,3)42-35(44)46-27-13-15-43(16-14-27)34-28(20-39)33(25-9-10-26(19-38)30(37)17-25)29(21-41-34)24-11-12-31(40)32(18-24)45-22-23-7-5-4-6-8-23/h4-12,17-18,21,27H,13-16,22,40H2,1-3H3,(H,42,44).